The minimum atomic E-state index is 0.225. The van der Waals surface area contributed by atoms with Crippen LogP contribution in [0.2, 0.25) is 0 Å². The van der Waals surface area contributed by atoms with Gasteiger partial charge in [-0.25, -0.2) is 4.98 Å². The number of thioether (sulfide) groups is 1. The van der Waals surface area contributed by atoms with Crippen LogP contribution < -0.4 is 0 Å². The fraction of sp³-hybridized carbons (Fsp3) is 0.571. The summed E-state index contributed by atoms with van der Waals surface area (Å²) in [4.78, 5) is 5.59. The minimum Gasteiger partial charge on any atom is -0.396 e. The minimum absolute atomic E-state index is 0.225. The average molecular weight is 189 g/mol. The summed E-state index contributed by atoms with van der Waals surface area (Å²) in [6.45, 7) is 4.30. The van der Waals surface area contributed by atoms with E-state index in [9.17, 15) is 0 Å². The lowest BCUT2D eigenvalue weighted by atomic mass is 10.4. The highest BCUT2D eigenvalue weighted by Crippen LogP contribution is 2.25. The van der Waals surface area contributed by atoms with Gasteiger partial charge in [0.2, 0.25) is 0 Å². The molecular formula is C7H11NOS2. The van der Waals surface area contributed by atoms with Crippen LogP contribution in [0.15, 0.2) is 4.34 Å². The van der Waals surface area contributed by atoms with Crippen LogP contribution in [0.3, 0.4) is 0 Å². The summed E-state index contributed by atoms with van der Waals surface area (Å²) in [6.07, 6.45) is 0. The Labute approximate surface area is 74.7 Å². The van der Waals surface area contributed by atoms with E-state index in [0.29, 0.717) is 0 Å². The first kappa shape index (κ1) is 9.03. The van der Waals surface area contributed by atoms with Gasteiger partial charge in [-0.2, -0.15) is 0 Å². The second kappa shape index (κ2) is 4.09. The van der Waals surface area contributed by atoms with Crippen LogP contribution in [0.4, 0.5) is 0 Å². The zero-order valence-corrected chi connectivity index (χ0v) is 8.26. The van der Waals surface area contributed by atoms with Gasteiger partial charge in [0.25, 0.3) is 0 Å². The molecule has 4 heteroatoms. The van der Waals surface area contributed by atoms with E-state index < -0.39 is 0 Å². The number of aliphatic hydroxyl groups is 1. The predicted molar refractivity (Wildman–Crippen MR) is 49.4 cm³/mol. The summed E-state index contributed by atoms with van der Waals surface area (Å²) in [6, 6.07) is 0. The molecule has 0 fully saturated rings. The van der Waals surface area contributed by atoms with Crippen molar-refractivity contribution in [3.05, 3.63) is 10.6 Å². The van der Waals surface area contributed by atoms with E-state index in [1.54, 1.807) is 23.1 Å². The maximum Gasteiger partial charge on any atom is 0.150 e. The van der Waals surface area contributed by atoms with Gasteiger partial charge in [0.15, 0.2) is 0 Å². The molecule has 1 aromatic rings. The average Bonchev–Trinajstić information content (AvgIpc) is 2.28. The molecule has 0 aliphatic rings. The van der Waals surface area contributed by atoms with Crippen molar-refractivity contribution < 1.29 is 5.11 Å². The van der Waals surface area contributed by atoms with Crippen LogP contribution in [0.1, 0.15) is 10.6 Å². The molecule has 0 atom stereocenters. The number of aryl methyl sites for hydroxylation is 2. The molecule has 0 bridgehead atoms. The van der Waals surface area contributed by atoms with Crippen LogP contribution in [-0.2, 0) is 0 Å². The third kappa shape index (κ3) is 2.47. The van der Waals surface area contributed by atoms with Crippen LogP contribution in [0.25, 0.3) is 0 Å². The van der Waals surface area contributed by atoms with E-state index in [1.807, 2.05) is 6.92 Å². The Morgan fingerprint density at radius 1 is 1.55 bits per heavy atom. The van der Waals surface area contributed by atoms with Crippen molar-refractivity contribution >= 4 is 23.1 Å². The first-order valence-corrected chi connectivity index (χ1v) is 5.22. The smallest absolute Gasteiger partial charge is 0.150 e. The van der Waals surface area contributed by atoms with Gasteiger partial charge in [0, 0.05) is 10.6 Å². The van der Waals surface area contributed by atoms with Crippen molar-refractivity contribution in [2.45, 2.75) is 18.2 Å². The molecule has 0 saturated carbocycles. The number of aromatic nitrogens is 1. The van der Waals surface area contributed by atoms with E-state index in [-0.39, 0.29) is 6.61 Å². The second-order valence-electron chi connectivity index (χ2n) is 2.19. The number of thiazole rings is 1. The molecule has 1 heterocycles. The molecule has 62 valence electrons. The molecule has 0 spiro atoms. The van der Waals surface area contributed by atoms with Gasteiger partial charge < -0.3 is 5.11 Å². The lowest BCUT2D eigenvalue weighted by molar-refractivity contribution is 0.322. The number of rotatable bonds is 3. The lowest BCUT2D eigenvalue weighted by Crippen LogP contribution is -1.84. The van der Waals surface area contributed by atoms with Gasteiger partial charge in [-0.15, -0.1) is 11.3 Å². The molecule has 0 aromatic carbocycles. The van der Waals surface area contributed by atoms with Crippen LogP contribution in [-0.4, -0.2) is 22.5 Å². The molecule has 11 heavy (non-hydrogen) atoms. The second-order valence-corrected chi connectivity index (χ2v) is 4.74. The van der Waals surface area contributed by atoms with E-state index >= 15 is 0 Å². The highest BCUT2D eigenvalue weighted by Gasteiger charge is 2.02. The molecule has 1 rings (SSSR count). The summed E-state index contributed by atoms with van der Waals surface area (Å²) in [7, 11) is 0. The molecule has 2 nitrogen and oxygen atoms in total. The fourth-order valence-electron chi connectivity index (χ4n) is 0.638. The maximum atomic E-state index is 8.56. The number of hydrogen-bond donors (Lipinski definition) is 1. The first-order valence-electron chi connectivity index (χ1n) is 3.41. The third-order valence-corrected chi connectivity index (χ3v) is 3.52. The highest BCUT2D eigenvalue weighted by molar-refractivity contribution is 8.01. The molecule has 0 radical (unpaired) electrons. The van der Waals surface area contributed by atoms with Gasteiger partial charge in [-0.3, -0.25) is 0 Å². The fourth-order valence-corrected chi connectivity index (χ4v) is 2.60. The van der Waals surface area contributed by atoms with E-state index in [2.05, 4.69) is 11.9 Å². The monoisotopic (exact) mass is 189 g/mol. The topological polar surface area (TPSA) is 33.1 Å². The molecule has 0 unspecified atom stereocenters. The van der Waals surface area contributed by atoms with Gasteiger partial charge in [0.05, 0.1) is 12.3 Å². The van der Waals surface area contributed by atoms with Crippen molar-refractivity contribution in [1.29, 1.82) is 0 Å². The Morgan fingerprint density at radius 2 is 2.27 bits per heavy atom. The van der Waals surface area contributed by atoms with Crippen molar-refractivity contribution in [1.82, 2.24) is 4.98 Å². The molecule has 0 aliphatic carbocycles. The quantitative estimate of drug-likeness (QED) is 0.737. The van der Waals surface area contributed by atoms with Gasteiger partial charge >= 0.3 is 0 Å². The zero-order valence-electron chi connectivity index (χ0n) is 6.63. The molecule has 0 aliphatic heterocycles. The van der Waals surface area contributed by atoms with E-state index in [0.717, 1.165) is 15.8 Å². The van der Waals surface area contributed by atoms with Crippen LogP contribution in [0.5, 0.6) is 0 Å². The first-order chi connectivity index (χ1) is 5.24. The van der Waals surface area contributed by atoms with Crippen LogP contribution >= 0.6 is 23.1 Å². The maximum absolute atomic E-state index is 8.56. The summed E-state index contributed by atoms with van der Waals surface area (Å²) >= 11 is 3.31. The third-order valence-electron chi connectivity index (χ3n) is 1.33. The summed E-state index contributed by atoms with van der Waals surface area (Å²) < 4.78 is 1.06. The Morgan fingerprint density at radius 3 is 2.73 bits per heavy atom. The standard InChI is InChI=1S/C7H11NOS2/c1-5-6(2)11-7(8-5)10-4-3-9/h9H,3-4H2,1-2H3. The van der Waals surface area contributed by atoms with Crippen LogP contribution in [0, 0.1) is 13.8 Å². The summed E-state index contributed by atoms with van der Waals surface area (Å²) in [5, 5.41) is 8.56. The van der Waals surface area contributed by atoms with Gasteiger partial charge in [0.1, 0.15) is 4.34 Å². The molecule has 0 amide bonds. The van der Waals surface area contributed by atoms with Crippen molar-refractivity contribution in [3.8, 4) is 0 Å². The van der Waals surface area contributed by atoms with Gasteiger partial charge in [-0.1, -0.05) is 11.8 Å². The normalized spacial score (nSPS) is 10.5. The Kier molecular flexibility index (Phi) is 3.36. The van der Waals surface area contributed by atoms with Crippen molar-refractivity contribution in [2.75, 3.05) is 12.4 Å². The van der Waals surface area contributed by atoms with E-state index in [4.69, 9.17) is 5.11 Å². The molecule has 0 saturated heterocycles. The Balaban J connectivity index is 2.58. The van der Waals surface area contributed by atoms with Crippen molar-refractivity contribution in [2.24, 2.45) is 0 Å². The Bertz CT molecular complexity index is 215. The summed E-state index contributed by atoms with van der Waals surface area (Å²) in [5.41, 5.74) is 1.11. The lowest BCUT2D eigenvalue weighted by Gasteiger charge is -1.89. The van der Waals surface area contributed by atoms with Gasteiger partial charge in [-0.05, 0) is 13.8 Å². The van der Waals surface area contributed by atoms with Crippen molar-refractivity contribution in [3.63, 3.8) is 0 Å². The molecule has 1 aromatic heterocycles. The summed E-state index contributed by atoms with van der Waals surface area (Å²) in [5.74, 6) is 0.742. The molecule has 1 N–H and O–H groups in total. The zero-order chi connectivity index (χ0) is 8.27. The SMILES string of the molecule is Cc1nc(SCCO)sc1C. The molecular weight excluding hydrogens is 178 g/mol. The number of hydrogen-bond acceptors (Lipinski definition) is 4. The Hall–Kier alpha value is -0.0600. The number of nitrogens with zero attached hydrogens (tertiary/aromatic N) is 1. The largest absolute Gasteiger partial charge is 0.396 e. The number of aliphatic hydroxyl groups excluding tert-OH is 1. The van der Waals surface area contributed by atoms with E-state index in [1.165, 1.54) is 4.88 Å². The highest BCUT2D eigenvalue weighted by atomic mass is 32.2. The predicted octanol–water partition coefficient (Wildman–Crippen LogP) is 1.84.